The molecule has 1 heterocycles. The second-order valence-corrected chi connectivity index (χ2v) is 8.60. The van der Waals surface area contributed by atoms with Crippen LogP contribution in [0, 0.1) is 5.41 Å². The molecule has 0 aliphatic carbocycles. The van der Waals surface area contributed by atoms with Crippen LogP contribution in [0.15, 0.2) is 12.1 Å². The summed E-state index contributed by atoms with van der Waals surface area (Å²) in [4.78, 5) is 3.22. The molecule has 0 aromatic carbocycles. The van der Waals surface area contributed by atoms with E-state index in [1.807, 2.05) is 0 Å². The highest BCUT2D eigenvalue weighted by molar-refractivity contribution is 7.11. The zero-order valence-corrected chi connectivity index (χ0v) is 17.1. The van der Waals surface area contributed by atoms with Crippen LogP contribution >= 0.6 is 11.3 Å². The van der Waals surface area contributed by atoms with Crippen LogP contribution in [-0.4, -0.2) is 0 Å². The highest BCUT2D eigenvalue weighted by Gasteiger charge is 2.25. The molecule has 0 aliphatic heterocycles. The summed E-state index contributed by atoms with van der Waals surface area (Å²) in [7, 11) is 0. The van der Waals surface area contributed by atoms with E-state index in [0.717, 1.165) is 0 Å². The zero-order valence-electron chi connectivity index (χ0n) is 16.3. The fourth-order valence-corrected chi connectivity index (χ4v) is 4.68. The monoisotopic (exact) mass is 336 g/mol. The van der Waals surface area contributed by atoms with Crippen LogP contribution in [-0.2, 0) is 12.8 Å². The Balaban J connectivity index is 2.43. The molecule has 0 atom stereocenters. The Morgan fingerprint density at radius 2 is 1.30 bits per heavy atom. The molecule has 0 radical (unpaired) electrons. The lowest BCUT2D eigenvalue weighted by Gasteiger charge is -2.32. The van der Waals surface area contributed by atoms with Crippen molar-refractivity contribution in [3.05, 3.63) is 21.9 Å². The van der Waals surface area contributed by atoms with Crippen LogP contribution in [0.3, 0.4) is 0 Å². The van der Waals surface area contributed by atoms with Crippen LogP contribution in [0.2, 0.25) is 0 Å². The average Bonchev–Trinajstić information content (AvgIpc) is 3.04. The van der Waals surface area contributed by atoms with Gasteiger partial charge in [-0.3, -0.25) is 0 Å². The van der Waals surface area contributed by atoms with Crippen LogP contribution in [0.4, 0.5) is 0 Å². The largest absolute Gasteiger partial charge is 0.145 e. The molecule has 134 valence electrons. The van der Waals surface area contributed by atoms with Gasteiger partial charge in [0, 0.05) is 9.75 Å². The lowest BCUT2D eigenvalue weighted by molar-refractivity contribution is 0.211. The summed E-state index contributed by atoms with van der Waals surface area (Å²) in [6, 6.07) is 4.77. The van der Waals surface area contributed by atoms with Gasteiger partial charge in [-0.15, -0.1) is 11.3 Å². The van der Waals surface area contributed by atoms with Gasteiger partial charge in [0.1, 0.15) is 0 Å². The van der Waals surface area contributed by atoms with Crippen molar-refractivity contribution in [2.24, 2.45) is 5.41 Å². The molecule has 0 saturated heterocycles. The maximum Gasteiger partial charge on any atom is 0.00483 e. The van der Waals surface area contributed by atoms with E-state index in [1.54, 1.807) is 9.75 Å². The third kappa shape index (κ3) is 7.88. The summed E-state index contributed by atoms with van der Waals surface area (Å²) in [6.45, 7) is 9.41. The summed E-state index contributed by atoms with van der Waals surface area (Å²) in [6.07, 6.45) is 17.8. The highest BCUT2D eigenvalue weighted by Crippen LogP contribution is 2.38. The number of unbranched alkanes of at least 4 members (excludes halogenated alkanes) is 5. The summed E-state index contributed by atoms with van der Waals surface area (Å²) < 4.78 is 0. The van der Waals surface area contributed by atoms with E-state index in [9.17, 15) is 0 Å². The van der Waals surface area contributed by atoms with E-state index < -0.39 is 0 Å². The van der Waals surface area contributed by atoms with Crippen LogP contribution in [0.25, 0.3) is 0 Å². The molecule has 0 N–H and O–H groups in total. The first-order chi connectivity index (χ1) is 11.2. The minimum Gasteiger partial charge on any atom is -0.145 e. The van der Waals surface area contributed by atoms with Gasteiger partial charge in [0.05, 0.1) is 0 Å². The smallest absolute Gasteiger partial charge is 0.00483 e. The first-order valence-electron chi connectivity index (χ1n) is 10.3. The van der Waals surface area contributed by atoms with Crippen molar-refractivity contribution in [3.63, 3.8) is 0 Å². The molecule has 0 nitrogen and oxygen atoms in total. The summed E-state index contributed by atoms with van der Waals surface area (Å²) in [5.41, 5.74) is 0.597. The van der Waals surface area contributed by atoms with E-state index >= 15 is 0 Å². The van der Waals surface area contributed by atoms with E-state index in [-0.39, 0.29) is 0 Å². The molecule has 0 spiro atoms. The summed E-state index contributed by atoms with van der Waals surface area (Å²) in [5, 5.41) is 0. The molecular formula is C22H40S. The molecule has 1 rings (SSSR count). The van der Waals surface area contributed by atoms with E-state index in [4.69, 9.17) is 0 Å². The Labute approximate surface area is 150 Å². The third-order valence-corrected chi connectivity index (χ3v) is 6.91. The molecule has 0 saturated carbocycles. The lowest BCUT2D eigenvalue weighted by Crippen LogP contribution is -2.19. The molecule has 23 heavy (non-hydrogen) atoms. The maximum atomic E-state index is 2.41. The predicted molar refractivity (Wildman–Crippen MR) is 108 cm³/mol. The quantitative estimate of drug-likeness (QED) is 0.300. The van der Waals surface area contributed by atoms with Crippen LogP contribution < -0.4 is 0 Å². The number of thiophene rings is 1. The van der Waals surface area contributed by atoms with Crippen molar-refractivity contribution in [2.45, 2.75) is 111 Å². The maximum absolute atomic E-state index is 2.41. The average molecular weight is 337 g/mol. The standard InChI is InChI=1S/C22H40S/c1-5-9-11-12-13-18-22(7-3,8-4)19-17-21-16-15-20(23-21)14-10-6-2/h15-16H,5-14,17-19H2,1-4H3. The first kappa shape index (κ1) is 20.7. The lowest BCUT2D eigenvalue weighted by atomic mass is 9.74. The molecule has 0 fully saturated rings. The van der Waals surface area contributed by atoms with E-state index in [0.29, 0.717) is 5.41 Å². The van der Waals surface area contributed by atoms with Gasteiger partial charge < -0.3 is 0 Å². The number of aryl methyl sites for hydroxylation is 2. The molecule has 0 unspecified atom stereocenters. The van der Waals surface area contributed by atoms with Gasteiger partial charge in [-0.1, -0.05) is 79.1 Å². The van der Waals surface area contributed by atoms with Gasteiger partial charge in [0.15, 0.2) is 0 Å². The highest BCUT2D eigenvalue weighted by atomic mass is 32.1. The Hall–Kier alpha value is -0.300. The van der Waals surface area contributed by atoms with Gasteiger partial charge in [-0.25, -0.2) is 0 Å². The number of rotatable bonds is 14. The van der Waals surface area contributed by atoms with Gasteiger partial charge in [-0.2, -0.15) is 0 Å². The van der Waals surface area contributed by atoms with Gasteiger partial charge in [0.2, 0.25) is 0 Å². The minimum atomic E-state index is 0.597. The summed E-state index contributed by atoms with van der Waals surface area (Å²) in [5.74, 6) is 0. The number of hydrogen-bond acceptors (Lipinski definition) is 1. The Bertz CT molecular complexity index is 386. The van der Waals surface area contributed by atoms with Crippen molar-refractivity contribution >= 4 is 11.3 Å². The first-order valence-corrected chi connectivity index (χ1v) is 11.1. The number of hydrogen-bond donors (Lipinski definition) is 0. The topological polar surface area (TPSA) is 0 Å². The van der Waals surface area contributed by atoms with Gasteiger partial charge in [-0.05, 0) is 49.7 Å². The zero-order chi connectivity index (χ0) is 17.0. The van der Waals surface area contributed by atoms with E-state index in [1.165, 1.54) is 83.5 Å². The van der Waals surface area contributed by atoms with E-state index in [2.05, 4.69) is 51.2 Å². The second kappa shape index (κ2) is 12.1. The molecular weight excluding hydrogens is 296 g/mol. The van der Waals surface area contributed by atoms with Gasteiger partial charge in [0.25, 0.3) is 0 Å². The Morgan fingerprint density at radius 1 is 0.696 bits per heavy atom. The molecule has 0 aliphatic rings. The molecule has 1 heteroatoms. The van der Waals surface area contributed by atoms with Gasteiger partial charge >= 0.3 is 0 Å². The van der Waals surface area contributed by atoms with Crippen LogP contribution in [0.1, 0.15) is 108 Å². The predicted octanol–water partition coefficient (Wildman–Crippen LogP) is 8.19. The van der Waals surface area contributed by atoms with Crippen molar-refractivity contribution in [2.75, 3.05) is 0 Å². The van der Waals surface area contributed by atoms with Crippen molar-refractivity contribution in [1.29, 1.82) is 0 Å². The SMILES string of the molecule is CCCCCCCC(CC)(CC)CCc1ccc(CCCC)s1. The van der Waals surface area contributed by atoms with Crippen molar-refractivity contribution < 1.29 is 0 Å². The van der Waals surface area contributed by atoms with Crippen molar-refractivity contribution in [1.82, 2.24) is 0 Å². The fraction of sp³-hybridized carbons (Fsp3) is 0.818. The Morgan fingerprint density at radius 3 is 1.91 bits per heavy atom. The molecule has 1 aromatic rings. The summed E-state index contributed by atoms with van der Waals surface area (Å²) >= 11 is 2.07. The van der Waals surface area contributed by atoms with Crippen LogP contribution in [0.5, 0.6) is 0 Å². The molecule has 1 aromatic heterocycles. The fourth-order valence-electron chi connectivity index (χ4n) is 3.62. The Kier molecular flexibility index (Phi) is 10.9. The second-order valence-electron chi connectivity index (χ2n) is 7.34. The molecule has 0 bridgehead atoms. The normalized spacial score (nSPS) is 12.0. The molecule has 0 amide bonds. The minimum absolute atomic E-state index is 0.597. The van der Waals surface area contributed by atoms with Crippen molar-refractivity contribution in [3.8, 4) is 0 Å². The third-order valence-electron chi connectivity index (χ3n) is 5.71.